The van der Waals surface area contributed by atoms with E-state index in [-0.39, 0.29) is 6.61 Å². The summed E-state index contributed by atoms with van der Waals surface area (Å²) in [7, 11) is 0. The number of nitrogens with zero attached hydrogens (tertiary/aromatic N) is 7. The van der Waals surface area contributed by atoms with Gasteiger partial charge >= 0.3 is 0 Å². The zero-order valence-corrected chi connectivity index (χ0v) is 11.1. The molecule has 3 heterocycles. The summed E-state index contributed by atoms with van der Waals surface area (Å²) in [6.07, 6.45) is 0.155. The van der Waals surface area contributed by atoms with Crippen molar-refractivity contribution in [3.05, 3.63) is 28.8 Å². The Hall–Kier alpha value is -2.26. The highest BCUT2D eigenvalue weighted by molar-refractivity contribution is 5.72. The van der Waals surface area contributed by atoms with Crippen LogP contribution >= 0.6 is 0 Å². The third-order valence-corrected chi connectivity index (χ3v) is 3.52. The average molecular weight is 291 g/mol. The van der Waals surface area contributed by atoms with Gasteiger partial charge < -0.3 is 14.9 Å². The first-order chi connectivity index (χ1) is 10.2. The smallest absolute Gasteiger partial charge is 0.165 e. The summed E-state index contributed by atoms with van der Waals surface area (Å²) in [6, 6.07) is -0.870. The van der Waals surface area contributed by atoms with E-state index in [0.29, 0.717) is 16.9 Å². The van der Waals surface area contributed by atoms with Crippen LogP contribution in [-0.4, -0.2) is 54.6 Å². The lowest BCUT2D eigenvalue weighted by atomic mass is 10.1. The van der Waals surface area contributed by atoms with Crippen LogP contribution in [0.4, 0.5) is 0 Å². The topological polar surface area (TPSA) is 142 Å². The minimum Gasteiger partial charge on any atom is -0.394 e. The van der Waals surface area contributed by atoms with E-state index in [1.54, 1.807) is 11.5 Å². The van der Waals surface area contributed by atoms with Gasteiger partial charge in [-0.2, -0.15) is 0 Å². The van der Waals surface area contributed by atoms with Crippen molar-refractivity contribution in [1.82, 2.24) is 19.5 Å². The lowest BCUT2D eigenvalue weighted by Gasteiger charge is -2.16. The standard InChI is InChI=1S/C11H13N7O3/c1-5-7-10(14-3-13-5)18(4-15-7)11-9(20)8(16-17-12)6(2-19)21-11/h3-4,6,8-9,11,19-20H,2H2,1H3/t6-,8?,9+,11-/m1/s1. The molecule has 21 heavy (non-hydrogen) atoms. The van der Waals surface area contributed by atoms with Crippen LogP contribution in [-0.2, 0) is 4.74 Å². The Balaban J connectivity index is 2.03. The van der Waals surface area contributed by atoms with Crippen molar-refractivity contribution in [1.29, 1.82) is 0 Å². The van der Waals surface area contributed by atoms with Crippen molar-refractivity contribution in [2.75, 3.05) is 6.61 Å². The van der Waals surface area contributed by atoms with E-state index in [1.165, 1.54) is 12.7 Å². The molecule has 1 fully saturated rings. The first-order valence-electron chi connectivity index (χ1n) is 6.30. The predicted octanol–water partition coefficient (Wildman–Crippen LogP) is 0.0642. The molecule has 110 valence electrons. The normalized spacial score (nSPS) is 28.7. The maximum Gasteiger partial charge on any atom is 0.165 e. The van der Waals surface area contributed by atoms with Gasteiger partial charge in [0.25, 0.3) is 0 Å². The molecule has 0 aromatic carbocycles. The SMILES string of the molecule is Cc1ncnc2c1ncn2[C@@H]1O[C@H](CO)C(N=[N+]=[N-])[C@@H]1O. The molecular weight excluding hydrogens is 278 g/mol. The van der Waals surface area contributed by atoms with Crippen LogP contribution in [0.25, 0.3) is 21.6 Å². The molecule has 10 nitrogen and oxygen atoms in total. The first-order valence-corrected chi connectivity index (χ1v) is 6.30. The summed E-state index contributed by atoms with van der Waals surface area (Å²) in [5, 5.41) is 23.1. The third kappa shape index (κ3) is 2.10. The number of aliphatic hydroxyl groups excluding tert-OH is 2. The van der Waals surface area contributed by atoms with Gasteiger partial charge in [-0.1, -0.05) is 5.11 Å². The van der Waals surface area contributed by atoms with Gasteiger partial charge in [-0.3, -0.25) is 4.57 Å². The summed E-state index contributed by atoms with van der Waals surface area (Å²) in [5.74, 6) is 0. The lowest BCUT2D eigenvalue weighted by Crippen LogP contribution is -2.31. The van der Waals surface area contributed by atoms with E-state index in [2.05, 4.69) is 25.0 Å². The largest absolute Gasteiger partial charge is 0.394 e. The number of imidazole rings is 1. The molecule has 2 N–H and O–H groups in total. The number of azide groups is 1. The number of aryl methyl sites for hydroxylation is 1. The van der Waals surface area contributed by atoms with Crippen molar-refractivity contribution in [2.24, 2.45) is 5.11 Å². The van der Waals surface area contributed by atoms with Crippen LogP contribution in [0.3, 0.4) is 0 Å². The number of rotatable bonds is 3. The van der Waals surface area contributed by atoms with Gasteiger partial charge in [0.15, 0.2) is 11.9 Å². The summed E-state index contributed by atoms with van der Waals surface area (Å²) in [4.78, 5) is 15.1. The maximum atomic E-state index is 10.3. The van der Waals surface area contributed by atoms with Crippen LogP contribution in [0.1, 0.15) is 11.9 Å². The molecule has 0 saturated carbocycles. The Labute approximate surface area is 118 Å². The van der Waals surface area contributed by atoms with E-state index in [1.807, 2.05) is 0 Å². The van der Waals surface area contributed by atoms with E-state index < -0.39 is 24.5 Å². The number of fused-ring (bicyclic) bond motifs is 1. The van der Waals surface area contributed by atoms with E-state index >= 15 is 0 Å². The molecule has 3 rings (SSSR count). The van der Waals surface area contributed by atoms with Gasteiger partial charge in [-0.15, -0.1) is 0 Å². The highest BCUT2D eigenvalue weighted by atomic mass is 16.5. The molecule has 10 heteroatoms. The molecule has 2 aromatic heterocycles. The van der Waals surface area contributed by atoms with Gasteiger partial charge in [0.2, 0.25) is 0 Å². The first kappa shape index (κ1) is 13.7. The zero-order chi connectivity index (χ0) is 15.0. The molecular formula is C11H13N7O3. The number of hydrogen-bond donors (Lipinski definition) is 2. The van der Waals surface area contributed by atoms with E-state index in [9.17, 15) is 10.2 Å². The van der Waals surface area contributed by atoms with Crippen molar-refractivity contribution in [2.45, 2.75) is 31.4 Å². The van der Waals surface area contributed by atoms with Gasteiger partial charge in [0.1, 0.15) is 17.9 Å². The van der Waals surface area contributed by atoms with Gasteiger partial charge in [0, 0.05) is 4.91 Å². The molecule has 0 spiro atoms. The van der Waals surface area contributed by atoms with Crippen LogP contribution in [0.2, 0.25) is 0 Å². The second-order valence-electron chi connectivity index (χ2n) is 4.72. The highest BCUT2D eigenvalue weighted by Gasteiger charge is 2.44. The fraction of sp³-hybridized carbons (Fsp3) is 0.545. The second-order valence-corrected chi connectivity index (χ2v) is 4.72. The Bertz CT molecular complexity index is 711. The Morgan fingerprint density at radius 2 is 2.29 bits per heavy atom. The van der Waals surface area contributed by atoms with Crippen molar-refractivity contribution in [3.8, 4) is 0 Å². The van der Waals surface area contributed by atoms with Crippen LogP contribution in [0.15, 0.2) is 17.8 Å². The number of aliphatic hydroxyl groups is 2. The molecule has 0 bridgehead atoms. The van der Waals surface area contributed by atoms with Gasteiger partial charge in [-0.25, -0.2) is 15.0 Å². The second kappa shape index (κ2) is 5.26. The third-order valence-electron chi connectivity index (χ3n) is 3.52. The van der Waals surface area contributed by atoms with E-state index in [4.69, 9.17) is 10.3 Å². The molecule has 4 atom stereocenters. The summed E-state index contributed by atoms with van der Waals surface area (Å²) < 4.78 is 7.12. The number of hydrogen-bond acceptors (Lipinski definition) is 7. The van der Waals surface area contributed by atoms with Crippen molar-refractivity contribution < 1.29 is 14.9 Å². The van der Waals surface area contributed by atoms with Crippen LogP contribution in [0, 0.1) is 6.92 Å². The Morgan fingerprint density at radius 3 is 3.00 bits per heavy atom. The van der Waals surface area contributed by atoms with Crippen molar-refractivity contribution in [3.63, 3.8) is 0 Å². The minimum atomic E-state index is -1.11. The summed E-state index contributed by atoms with van der Waals surface area (Å²) >= 11 is 0. The Kier molecular flexibility index (Phi) is 3.43. The average Bonchev–Trinajstić information content (AvgIpc) is 3.03. The van der Waals surface area contributed by atoms with Gasteiger partial charge in [0.05, 0.1) is 30.8 Å². The molecule has 0 amide bonds. The van der Waals surface area contributed by atoms with Crippen LogP contribution < -0.4 is 0 Å². The molecule has 1 aliphatic heterocycles. The van der Waals surface area contributed by atoms with Gasteiger partial charge in [-0.05, 0) is 12.5 Å². The molecule has 1 unspecified atom stereocenters. The van der Waals surface area contributed by atoms with Crippen LogP contribution in [0.5, 0.6) is 0 Å². The maximum absolute atomic E-state index is 10.3. The molecule has 2 aromatic rings. The lowest BCUT2D eigenvalue weighted by molar-refractivity contribution is -0.0488. The fourth-order valence-electron chi connectivity index (χ4n) is 2.47. The molecule has 1 saturated heterocycles. The monoisotopic (exact) mass is 291 g/mol. The number of aromatic nitrogens is 4. The predicted molar refractivity (Wildman–Crippen MR) is 70.0 cm³/mol. The Morgan fingerprint density at radius 1 is 1.48 bits per heavy atom. The summed E-state index contributed by atoms with van der Waals surface area (Å²) in [6.45, 7) is 1.44. The van der Waals surface area contributed by atoms with E-state index in [0.717, 1.165) is 0 Å². The molecule has 1 aliphatic rings. The van der Waals surface area contributed by atoms with Crippen molar-refractivity contribution >= 4 is 11.2 Å². The highest BCUT2D eigenvalue weighted by Crippen LogP contribution is 2.33. The quantitative estimate of drug-likeness (QED) is 0.465. The molecule has 0 aliphatic carbocycles. The number of ether oxygens (including phenoxy) is 1. The minimum absolute atomic E-state index is 0.363. The summed E-state index contributed by atoms with van der Waals surface area (Å²) in [5.41, 5.74) is 10.4. The molecule has 0 radical (unpaired) electrons. The zero-order valence-electron chi connectivity index (χ0n) is 11.1. The fourth-order valence-corrected chi connectivity index (χ4v) is 2.47.